The number of aryl methyl sites for hydroxylation is 2. The smallest absolute Gasteiger partial charge is 0.0649 e. The van der Waals surface area contributed by atoms with Crippen LogP contribution in [0.1, 0.15) is 36.8 Å². The number of rotatable bonds is 4. The molecule has 1 atom stereocenters. The lowest BCUT2D eigenvalue weighted by atomic mass is 10.1. The minimum absolute atomic E-state index is 0.155. The summed E-state index contributed by atoms with van der Waals surface area (Å²) in [5.41, 5.74) is 4.44. The minimum atomic E-state index is 0.155. The Morgan fingerprint density at radius 1 is 1.40 bits per heavy atom. The van der Waals surface area contributed by atoms with Crippen molar-refractivity contribution in [3.63, 3.8) is 0 Å². The fourth-order valence-electron chi connectivity index (χ4n) is 2.56. The van der Waals surface area contributed by atoms with Crippen molar-refractivity contribution in [2.45, 2.75) is 40.3 Å². The van der Waals surface area contributed by atoms with Gasteiger partial charge in [0.1, 0.15) is 0 Å². The number of hydrogen-bond acceptors (Lipinski definition) is 2. The number of halogens is 2. The Balaban J connectivity index is 2.30. The molecule has 20 heavy (non-hydrogen) atoms. The van der Waals surface area contributed by atoms with Crippen LogP contribution in [0.5, 0.6) is 0 Å². The van der Waals surface area contributed by atoms with Crippen LogP contribution in [0, 0.1) is 13.8 Å². The van der Waals surface area contributed by atoms with E-state index in [4.69, 9.17) is 11.6 Å². The lowest BCUT2D eigenvalue weighted by Crippen LogP contribution is -2.09. The first-order chi connectivity index (χ1) is 9.43. The van der Waals surface area contributed by atoms with Crippen molar-refractivity contribution in [3.05, 3.63) is 44.6 Å². The summed E-state index contributed by atoms with van der Waals surface area (Å²) in [6.45, 7) is 9.28. The van der Waals surface area contributed by atoms with E-state index in [0.29, 0.717) is 0 Å². The highest BCUT2D eigenvalue weighted by molar-refractivity contribution is 9.10. The summed E-state index contributed by atoms with van der Waals surface area (Å²) < 4.78 is 3.04. The summed E-state index contributed by atoms with van der Waals surface area (Å²) in [5.74, 6) is 0. The zero-order valence-electron chi connectivity index (χ0n) is 12.2. The highest BCUT2D eigenvalue weighted by Gasteiger charge is 2.17. The number of nitrogens with zero attached hydrogens (tertiary/aromatic N) is 2. The van der Waals surface area contributed by atoms with Crippen LogP contribution in [0.25, 0.3) is 0 Å². The monoisotopic (exact) mass is 355 g/mol. The Kier molecular flexibility index (Phi) is 4.76. The average Bonchev–Trinajstić information content (AvgIpc) is 2.68. The third-order valence-corrected chi connectivity index (χ3v) is 4.29. The number of anilines is 1. The Bertz CT molecular complexity index is 622. The van der Waals surface area contributed by atoms with Gasteiger partial charge in [-0.2, -0.15) is 5.10 Å². The zero-order valence-corrected chi connectivity index (χ0v) is 14.5. The molecule has 0 aliphatic rings. The van der Waals surface area contributed by atoms with Crippen LogP contribution in [0.3, 0.4) is 0 Å². The van der Waals surface area contributed by atoms with Gasteiger partial charge in [0.05, 0.1) is 22.4 Å². The predicted molar refractivity (Wildman–Crippen MR) is 88.6 cm³/mol. The molecule has 5 heteroatoms. The topological polar surface area (TPSA) is 29.9 Å². The van der Waals surface area contributed by atoms with Gasteiger partial charge in [0.25, 0.3) is 0 Å². The highest BCUT2D eigenvalue weighted by Crippen LogP contribution is 2.31. The number of aromatic nitrogens is 2. The summed E-state index contributed by atoms with van der Waals surface area (Å²) in [6, 6.07) is 5.97. The summed E-state index contributed by atoms with van der Waals surface area (Å²) in [4.78, 5) is 0. The van der Waals surface area contributed by atoms with Gasteiger partial charge < -0.3 is 5.32 Å². The van der Waals surface area contributed by atoms with Crippen LogP contribution >= 0.6 is 27.5 Å². The molecule has 2 aromatic rings. The first-order valence-electron chi connectivity index (χ1n) is 6.69. The van der Waals surface area contributed by atoms with Crippen LogP contribution in [0.2, 0.25) is 5.02 Å². The molecule has 0 saturated carbocycles. The average molecular weight is 357 g/mol. The van der Waals surface area contributed by atoms with Crippen molar-refractivity contribution in [2.75, 3.05) is 5.32 Å². The van der Waals surface area contributed by atoms with E-state index in [1.807, 2.05) is 22.9 Å². The van der Waals surface area contributed by atoms with Gasteiger partial charge in [0.2, 0.25) is 0 Å². The van der Waals surface area contributed by atoms with E-state index in [9.17, 15) is 0 Å². The van der Waals surface area contributed by atoms with Crippen molar-refractivity contribution in [3.8, 4) is 0 Å². The van der Waals surface area contributed by atoms with E-state index >= 15 is 0 Å². The van der Waals surface area contributed by atoms with Crippen LogP contribution < -0.4 is 5.32 Å². The number of hydrogen-bond donors (Lipinski definition) is 1. The SMILES string of the molecule is CCn1nc(C)c(C(C)Nc2cc(Br)ccc2Cl)c1C. The van der Waals surface area contributed by atoms with E-state index < -0.39 is 0 Å². The van der Waals surface area contributed by atoms with Crippen LogP contribution in [-0.2, 0) is 6.54 Å². The maximum Gasteiger partial charge on any atom is 0.0649 e. The molecular formula is C15H19BrClN3. The van der Waals surface area contributed by atoms with Crippen molar-refractivity contribution in [2.24, 2.45) is 0 Å². The van der Waals surface area contributed by atoms with Gasteiger partial charge in [0.15, 0.2) is 0 Å². The molecule has 108 valence electrons. The van der Waals surface area contributed by atoms with Crippen molar-refractivity contribution in [1.82, 2.24) is 9.78 Å². The maximum absolute atomic E-state index is 6.24. The standard InChI is InChI=1S/C15H19BrClN3/c1-5-20-11(4)15(10(3)19-20)9(2)18-14-8-12(16)6-7-13(14)17/h6-9,18H,5H2,1-4H3. The van der Waals surface area contributed by atoms with E-state index in [1.54, 1.807) is 0 Å². The fraction of sp³-hybridized carbons (Fsp3) is 0.400. The fourth-order valence-corrected chi connectivity index (χ4v) is 3.09. The summed E-state index contributed by atoms with van der Waals surface area (Å²) in [7, 11) is 0. The molecule has 0 bridgehead atoms. The molecule has 1 aromatic heterocycles. The first-order valence-corrected chi connectivity index (χ1v) is 7.86. The Labute approximate surface area is 133 Å². The molecule has 0 spiro atoms. The molecule has 0 aliphatic heterocycles. The molecule has 0 aliphatic carbocycles. The molecule has 1 heterocycles. The Morgan fingerprint density at radius 2 is 2.10 bits per heavy atom. The second-order valence-electron chi connectivity index (χ2n) is 4.89. The van der Waals surface area contributed by atoms with E-state index in [1.165, 1.54) is 11.3 Å². The van der Waals surface area contributed by atoms with Crippen LogP contribution in [0.4, 0.5) is 5.69 Å². The molecule has 1 unspecified atom stereocenters. The number of nitrogens with one attached hydrogen (secondary N) is 1. The minimum Gasteiger partial charge on any atom is -0.377 e. The zero-order chi connectivity index (χ0) is 14.9. The molecule has 1 N–H and O–H groups in total. The molecule has 0 amide bonds. The number of benzene rings is 1. The molecule has 0 fully saturated rings. The lowest BCUT2D eigenvalue weighted by molar-refractivity contribution is 0.632. The molecule has 0 radical (unpaired) electrons. The predicted octanol–water partition coefficient (Wildman–Crippen LogP) is 5.11. The third-order valence-electron chi connectivity index (χ3n) is 3.47. The third kappa shape index (κ3) is 3.01. The van der Waals surface area contributed by atoms with E-state index in [-0.39, 0.29) is 6.04 Å². The van der Waals surface area contributed by atoms with Gasteiger partial charge in [-0.1, -0.05) is 27.5 Å². The van der Waals surface area contributed by atoms with Gasteiger partial charge in [-0.3, -0.25) is 4.68 Å². The molecule has 1 aromatic carbocycles. The molecule has 2 rings (SSSR count). The first kappa shape index (κ1) is 15.4. The molecular weight excluding hydrogens is 338 g/mol. The van der Waals surface area contributed by atoms with Gasteiger partial charge >= 0.3 is 0 Å². The van der Waals surface area contributed by atoms with Gasteiger partial charge in [0, 0.05) is 22.3 Å². The summed E-state index contributed by atoms with van der Waals surface area (Å²) >= 11 is 9.71. The van der Waals surface area contributed by atoms with Gasteiger partial charge in [-0.25, -0.2) is 0 Å². The molecule has 0 saturated heterocycles. The van der Waals surface area contributed by atoms with Crippen molar-refractivity contribution in [1.29, 1.82) is 0 Å². The summed E-state index contributed by atoms with van der Waals surface area (Å²) in [6.07, 6.45) is 0. The maximum atomic E-state index is 6.24. The van der Waals surface area contributed by atoms with E-state index in [2.05, 4.69) is 54.0 Å². The normalized spacial score (nSPS) is 12.5. The lowest BCUT2D eigenvalue weighted by Gasteiger charge is -2.17. The quantitative estimate of drug-likeness (QED) is 0.825. The highest BCUT2D eigenvalue weighted by atomic mass is 79.9. The largest absolute Gasteiger partial charge is 0.377 e. The van der Waals surface area contributed by atoms with Crippen molar-refractivity contribution >= 4 is 33.2 Å². The van der Waals surface area contributed by atoms with Crippen LogP contribution in [-0.4, -0.2) is 9.78 Å². The Morgan fingerprint density at radius 3 is 2.70 bits per heavy atom. The van der Waals surface area contributed by atoms with Gasteiger partial charge in [-0.15, -0.1) is 0 Å². The Hall–Kier alpha value is -1.00. The second-order valence-corrected chi connectivity index (χ2v) is 6.21. The molecule has 3 nitrogen and oxygen atoms in total. The van der Waals surface area contributed by atoms with E-state index in [0.717, 1.165) is 27.4 Å². The van der Waals surface area contributed by atoms with Gasteiger partial charge in [-0.05, 0) is 45.9 Å². The second kappa shape index (κ2) is 6.19. The van der Waals surface area contributed by atoms with Crippen LogP contribution in [0.15, 0.2) is 22.7 Å². The summed E-state index contributed by atoms with van der Waals surface area (Å²) in [5, 5.41) is 8.76. The van der Waals surface area contributed by atoms with Crippen molar-refractivity contribution < 1.29 is 0 Å².